The highest BCUT2D eigenvalue weighted by atomic mass is 16.2. The number of amides is 1. The summed E-state index contributed by atoms with van der Waals surface area (Å²) in [7, 11) is 0. The van der Waals surface area contributed by atoms with E-state index < -0.39 is 0 Å². The van der Waals surface area contributed by atoms with E-state index in [4.69, 9.17) is 0 Å². The molecule has 2 aliphatic rings. The van der Waals surface area contributed by atoms with E-state index in [1.165, 1.54) is 6.42 Å². The SMILES string of the molecule is CCN1CCC[C@@H]1[C@H]1CCCN1C(=O)c1c(C)c(C)n[nH]c1=O. The molecular formula is C17H26N4O2. The van der Waals surface area contributed by atoms with Crippen LogP contribution in [0.15, 0.2) is 4.79 Å². The fraction of sp³-hybridized carbons (Fsp3) is 0.706. The molecular weight excluding hydrogens is 292 g/mol. The Bertz CT molecular complexity index is 654. The Morgan fingerprint density at radius 2 is 1.91 bits per heavy atom. The Hall–Kier alpha value is -1.69. The van der Waals surface area contributed by atoms with E-state index in [0.29, 0.717) is 17.3 Å². The smallest absolute Gasteiger partial charge is 0.277 e. The van der Waals surface area contributed by atoms with Crippen molar-refractivity contribution in [2.45, 2.75) is 58.5 Å². The van der Waals surface area contributed by atoms with Crippen LogP contribution in [0.25, 0.3) is 0 Å². The second-order valence-corrected chi connectivity index (χ2v) is 6.68. The lowest BCUT2D eigenvalue weighted by atomic mass is 10.0. The molecule has 0 bridgehead atoms. The molecule has 0 unspecified atom stereocenters. The Balaban J connectivity index is 1.90. The molecule has 6 nitrogen and oxygen atoms in total. The summed E-state index contributed by atoms with van der Waals surface area (Å²) in [5.74, 6) is -0.125. The van der Waals surface area contributed by atoms with Crippen LogP contribution in [-0.2, 0) is 0 Å². The summed E-state index contributed by atoms with van der Waals surface area (Å²) in [5, 5.41) is 6.41. The highest BCUT2D eigenvalue weighted by Crippen LogP contribution is 2.30. The van der Waals surface area contributed by atoms with E-state index >= 15 is 0 Å². The maximum absolute atomic E-state index is 13.1. The van der Waals surface area contributed by atoms with Gasteiger partial charge in [-0.15, -0.1) is 0 Å². The van der Waals surface area contributed by atoms with Crippen LogP contribution < -0.4 is 5.56 Å². The molecule has 1 N–H and O–H groups in total. The van der Waals surface area contributed by atoms with Gasteiger partial charge in [-0.1, -0.05) is 6.92 Å². The molecule has 2 atom stereocenters. The van der Waals surface area contributed by atoms with Gasteiger partial charge in [0.2, 0.25) is 0 Å². The van der Waals surface area contributed by atoms with Gasteiger partial charge in [0.25, 0.3) is 11.5 Å². The van der Waals surface area contributed by atoms with Gasteiger partial charge in [0.15, 0.2) is 0 Å². The van der Waals surface area contributed by atoms with Gasteiger partial charge in [0, 0.05) is 18.6 Å². The molecule has 0 radical (unpaired) electrons. The van der Waals surface area contributed by atoms with Crippen molar-refractivity contribution in [3.8, 4) is 0 Å². The number of carbonyl (C=O) groups excluding carboxylic acids is 1. The zero-order valence-corrected chi connectivity index (χ0v) is 14.3. The first kappa shape index (κ1) is 16.2. The highest BCUT2D eigenvalue weighted by Gasteiger charge is 2.40. The molecule has 0 aromatic carbocycles. The zero-order chi connectivity index (χ0) is 16.6. The van der Waals surface area contributed by atoms with E-state index in [1.54, 1.807) is 0 Å². The normalized spacial score (nSPS) is 25.3. The molecule has 0 aliphatic carbocycles. The maximum Gasteiger partial charge on any atom is 0.277 e. The van der Waals surface area contributed by atoms with Gasteiger partial charge in [0.1, 0.15) is 5.56 Å². The van der Waals surface area contributed by atoms with Crippen molar-refractivity contribution in [2.24, 2.45) is 0 Å². The summed E-state index contributed by atoms with van der Waals surface area (Å²) >= 11 is 0. The molecule has 3 heterocycles. The van der Waals surface area contributed by atoms with Gasteiger partial charge in [-0.3, -0.25) is 14.5 Å². The van der Waals surface area contributed by atoms with Crippen molar-refractivity contribution >= 4 is 5.91 Å². The molecule has 0 saturated carbocycles. The van der Waals surface area contributed by atoms with Crippen LogP contribution in [0.1, 0.15) is 54.2 Å². The predicted molar refractivity (Wildman–Crippen MR) is 88.7 cm³/mol. The predicted octanol–water partition coefficient (Wildman–Crippen LogP) is 1.48. The minimum absolute atomic E-state index is 0.125. The van der Waals surface area contributed by atoms with Crippen molar-refractivity contribution in [2.75, 3.05) is 19.6 Å². The molecule has 126 valence electrons. The lowest BCUT2D eigenvalue weighted by molar-refractivity contribution is 0.0647. The van der Waals surface area contributed by atoms with Crippen LogP contribution in [0, 0.1) is 13.8 Å². The summed E-state index contributed by atoms with van der Waals surface area (Å²) in [6.45, 7) is 8.70. The van der Waals surface area contributed by atoms with Gasteiger partial charge >= 0.3 is 0 Å². The fourth-order valence-electron chi connectivity index (χ4n) is 4.15. The number of nitrogens with zero attached hydrogens (tertiary/aromatic N) is 3. The molecule has 2 fully saturated rings. The number of nitrogens with one attached hydrogen (secondary N) is 1. The third kappa shape index (κ3) is 2.80. The number of likely N-dealkylation sites (N-methyl/N-ethyl adjacent to an activating group) is 1. The third-order valence-corrected chi connectivity index (χ3v) is 5.51. The number of rotatable bonds is 3. The monoisotopic (exact) mass is 318 g/mol. The van der Waals surface area contributed by atoms with Gasteiger partial charge in [0.05, 0.1) is 5.69 Å². The van der Waals surface area contributed by atoms with E-state index in [1.807, 2.05) is 18.7 Å². The molecule has 1 amide bonds. The minimum Gasteiger partial charge on any atom is -0.334 e. The second kappa shape index (κ2) is 6.43. The number of likely N-dealkylation sites (tertiary alicyclic amines) is 2. The van der Waals surface area contributed by atoms with Crippen molar-refractivity contribution < 1.29 is 4.79 Å². The number of aromatic nitrogens is 2. The van der Waals surface area contributed by atoms with Crippen LogP contribution in [0.4, 0.5) is 0 Å². The minimum atomic E-state index is -0.373. The standard InChI is InChI=1S/C17H26N4O2/c1-4-20-9-5-7-13(20)14-8-6-10-21(14)17(23)15-11(2)12(3)18-19-16(15)22/h13-14H,4-10H2,1-3H3,(H,19,22)/t13-,14-/m1/s1. The lowest BCUT2D eigenvalue weighted by Crippen LogP contribution is -2.49. The molecule has 2 aliphatic heterocycles. The number of hydrogen-bond donors (Lipinski definition) is 1. The lowest BCUT2D eigenvalue weighted by Gasteiger charge is -2.34. The average molecular weight is 318 g/mol. The number of aryl methyl sites for hydroxylation is 1. The fourth-order valence-corrected chi connectivity index (χ4v) is 4.15. The molecule has 23 heavy (non-hydrogen) atoms. The number of hydrogen-bond acceptors (Lipinski definition) is 4. The quantitative estimate of drug-likeness (QED) is 0.916. The van der Waals surface area contributed by atoms with Crippen molar-refractivity contribution in [3.05, 3.63) is 27.2 Å². The van der Waals surface area contributed by atoms with Gasteiger partial charge in [-0.25, -0.2) is 5.10 Å². The Labute approximate surface area is 136 Å². The highest BCUT2D eigenvalue weighted by molar-refractivity contribution is 5.95. The number of carbonyl (C=O) groups is 1. The zero-order valence-electron chi connectivity index (χ0n) is 14.3. The first-order valence-electron chi connectivity index (χ1n) is 8.65. The van der Waals surface area contributed by atoms with Crippen molar-refractivity contribution in [3.63, 3.8) is 0 Å². The summed E-state index contributed by atoms with van der Waals surface area (Å²) in [4.78, 5) is 29.6. The summed E-state index contributed by atoms with van der Waals surface area (Å²) in [6.07, 6.45) is 4.40. The van der Waals surface area contributed by atoms with Crippen LogP contribution in [0.3, 0.4) is 0 Å². The molecule has 2 saturated heterocycles. The van der Waals surface area contributed by atoms with Gasteiger partial charge in [-0.05, 0) is 58.2 Å². The Morgan fingerprint density at radius 3 is 2.65 bits per heavy atom. The summed E-state index contributed by atoms with van der Waals surface area (Å²) in [5.41, 5.74) is 1.30. The largest absolute Gasteiger partial charge is 0.334 e. The van der Waals surface area contributed by atoms with Crippen LogP contribution in [0.2, 0.25) is 0 Å². The van der Waals surface area contributed by atoms with Crippen LogP contribution in [-0.4, -0.2) is 57.6 Å². The summed E-state index contributed by atoms with van der Waals surface area (Å²) in [6, 6.07) is 0.672. The molecule has 3 rings (SSSR count). The first-order valence-corrected chi connectivity index (χ1v) is 8.65. The second-order valence-electron chi connectivity index (χ2n) is 6.68. The molecule has 1 aromatic rings. The third-order valence-electron chi connectivity index (χ3n) is 5.51. The van der Waals surface area contributed by atoms with Crippen molar-refractivity contribution in [1.82, 2.24) is 20.0 Å². The van der Waals surface area contributed by atoms with Gasteiger partial charge < -0.3 is 4.90 Å². The van der Waals surface area contributed by atoms with Gasteiger partial charge in [-0.2, -0.15) is 5.10 Å². The Kier molecular flexibility index (Phi) is 4.53. The topological polar surface area (TPSA) is 69.3 Å². The van der Waals surface area contributed by atoms with E-state index in [2.05, 4.69) is 22.0 Å². The van der Waals surface area contributed by atoms with E-state index in [0.717, 1.165) is 38.9 Å². The Morgan fingerprint density at radius 1 is 1.22 bits per heavy atom. The summed E-state index contributed by atoms with van der Waals surface area (Å²) < 4.78 is 0. The van der Waals surface area contributed by atoms with Crippen molar-refractivity contribution in [1.29, 1.82) is 0 Å². The van der Waals surface area contributed by atoms with E-state index in [9.17, 15) is 9.59 Å². The first-order chi connectivity index (χ1) is 11.0. The van der Waals surface area contributed by atoms with Crippen LogP contribution >= 0.6 is 0 Å². The molecule has 0 spiro atoms. The number of aromatic amines is 1. The number of H-pyrrole nitrogens is 1. The van der Waals surface area contributed by atoms with E-state index in [-0.39, 0.29) is 23.1 Å². The molecule has 1 aromatic heterocycles. The maximum atomic E-state index is 13.1. The average Bonchev–Trinajstić information content (AvgIpc) is 3.18. The molecule has 6 heteroatoms. The van der Waals surface area contributed by atoms with Crippen LogP contribution in [0.5, 0.6) is 0 Å².